The summed E-state index contributed by atoms with van der Waals surface area (Å²) < 4.78 is 38.3. The molecule has 6 nitrogen and oxygen atoms in total. The molecule has 1 aliphatic rings. The number of alkyl halides is 1. The smallest absolute Gasteiger partial charge is 0.175 e. The zero-order valence-corrected chi connectivity index (χ0v) is 16.7. The van der Waals surface area contributed by atoms with E-state index in [-0.39, 0.29) is 6.54 Å². The highest BCUT2D eigenvalue weighted by Crippen LogP contribution is 2.30. The molecule has 0 radical (unpaired) electrons. The lowest BCUT2D eigenvalue weighted by Gasteiger charge is -2.37. The molecule has 1 aliphatic heterocycles. The maximum atomic E-state index is 15.2. The molecule has 1 aromatic heterocycles. The van der Waals surface area contributed by atoms with Gasteiger partial charge in [-0.05, 0) is 38.1 Å². The summed E-state index contributed by atoms with van der Waals surface area (Å²) in [5, 5.41) is 3.10. The van der Waals surface area contributed by atoms with E-state index in [2.05, 4.69) is 20.2 Å². The lowest BCUT2D eigenvalue weighted by molar-refractivity contribution is 0.140. The molecular formula is C19H25FN4O2S. The summed E-state index contributed by atoms with van der Waals surface area (Å²) in [7, 11) is -3.21. The van der Waals surface area contributed by atoms with Crippen LogP contribution in [-0.2, 0) is 9.84 Å². The van der Waals surface area contributed by atoms with Crippen molar-refractivity contribution in [3.63, 3.8) is 0 Å². The Labute approximate surface area is 159 Å². The summed E-state index contributed by atoms with van der Waals surface area (Å²) in [5.41, 5.74) is 0.473. The predicted molar refractivity (Wildman–Crippen MR) is 105 cm³/mol. The van der Waals surface area contributed by atoms with Crippen LogP contribution < -0.4 is 10.2 Å². The van der Waals surface area contributed by atoms with Crippen molar-refractivity contribution in [3.8, 4) is 0 Å². The molecule has 1 saturated heterocycles. The number of piperidine rings is 1. The molecule has 0 spiro atoms. The van der Waals surface area contributed by atoms with Gasteiger partial charge in [-0.1, -0.05) is 0 Å². The number of hydrogen-bond acceptors (Lipinski definition) is 6. The Morgan fingerprint density at radius 1 is 1.15 bits per heavy atom. The third-order valence-corrected chi connectivity index (χ3v) is 5.97. The minimum Gasteiger partial charge on any atom is -0.371 e. The van der Waals surface area contributed by atoms with Gasteiger partial charge in [-0.2, -0.15) is 0 Å². The molecule has 146 valence electrons. The molecule has 0 atom stereocenters. The summed E-state index contributed by atoms with van der Waals surface area (Å²) in [6, 6.07) is 8.58. The van der Waals surface area contributed by atoms with Gasteiger partial charge in [-0.3, -0.25) is 0 Å². The van der Waals surface area contributed by atoms with Crippen molar-refractivity contribution in [2.45, 2.75) is 37.3 Å². The standard InChI is InChI=1S/C19H25FN4O2S/c1-14-12-18(23-15(2)22-14)21-13-19(20)8-10-24(11-9-19)16-4-6-17(7-5-16)27(3,25)26/h4-7,12H,8-11,13H2,1-3H3,(H,21,22,23). The number of nitrogens with zero attached hydrogens (tertiary/aromatic N) is 3. The van der Waals surface area contributed by atoms with E-state index in [0.717, 1.165) is 11.4 Å². The number of halogens is 1. The zero-order chi connectivity index (χ0) is 19.7. The highest BCUT2D eigenvalue weighted by molar-refractivity contribution is 7.90. The van der Waals surface area contributed by atoms with Crippen molar-refractivity contribution < 1.29 is 12.8 Å². The SMILES string of the molecule is Cc1cc(NCC2(F)CCN(c3ccc(S(C)(=O)=O)cc3)CC2)nc(C)n1. The van der Waals surface area contributed by atoms with Gasteiger partial charge in [0.2, 0.25) is 0 Å². The fraction of sp³-hybridized carbons (Fsp3) is 0.474. The summed E-state index contributed by atoms with van der Waals surface area (Å²) in [6.07, 6.45) is 1.99. The fourth-order valence-electron chi connectivity index (χ4n) is 3.30. The first-order valence-corrected chi connectivity index (χ1v) is 10.8. The number of aromatic nitrogens is 2. The van der Waals surface area contributed by atoms with Crippen LogP contribution in [0.15, 0.2) is 35.2 Å². The first-order chi connectivity index (χ1) is 12.6. The largest absolute Gasteiger partial charge is 0.371 e. The Hall–Kier alpha value is -2.22. The molecule has 0 saturated carbocycles. The van der Waals surface area contributed by atoms with E-state index < -0.39 is 15.5 Å². The number of anilines is 2. The van der Waals surface area contributed by atoms with Crippen LogP contribution >= 0.6 is 0 Å². The molecule has 0 unspecified atom stereocenters. The minimum absolute atomic E-state index is 0.212. The van der Waals surface area contributed by atoms with E-state index in [1.54, 1.807) is 24.3 Å². The van der Waals surface area contributed by atoms with Crippen molar-refractivity contribution in [2.75, 3.05) is 36.1 Å². The summed E-state index contributed by atoms with van der Waals surface area (Å²) >= 11 is 0. The second kappa shape index (κ2) is 7.42. The van der Waals surface area contributed by atoms with Crippen molar-refractivity contribution in [2.24, 2.45) is 0 Å². The van der Waals surface area contributed by atoms with Gasteiger partial charge in [0.05, 0.1) is 11.4 Å². The molecular weight excluding hydrogens is 367 g/mol. The quantitative estimate of drug-likeness (QED) is 0.843. The van der Waals surface area contributed by atoms with Gasteiger partial charge in [0, 0.05) is 49.6 Å². The first-order valence-electron chi connectivity index (χ1n) is 8.95. The van der Waals surface area contributed by atoms with Gasteiger partial charge in [0.1, 0.15) is 17.3 Å². The van der Waals surface area contributed by atoms with Crippen molar-refractivity contribution in [1.82, 2.24) is 9.97 Å². The van der Waals surface area contributed by atoms with Crippen LogP contribution in [0.1, 0.15) is 24.4 Å². The third-order valence-electron chi connectivity index (χ3n) is 4.84. The second-order valence-electron chi connectivity index (χ2n) is 7.20. The molecule has 0 aliphatic carbocycles. The molecule has 0 bridgehead atoms. The lowest BCUT2D eigenvalue weighted by Crippen LogP contribution is -2.45. The van der Waals surface area contributed by atoms with E-state index >= 15 is 4.39 Å². The molecule has 0 amide bonds. The normalized spacial score (nSPS) is 17.0. The van der Waals surface area contributed by atoms with Crippen LogP contribution in [0.5, 0.6) is 0 Å². The van der Waals surface area contributed by atoms with E-state index in [0.29, 0.717) is 42.5 Å². The lowest BCUT2D eigenvalue weighted by atomic mass is 9.93. The van der Waals surface area contributed by atoms with Crippen molar-refractivity contribution in [1.29, 1.82) is 0 Å². The number of rotatable bonds is 5. The Morgan fingerprint density at radius 2 is 1.78 bits per heavy atom. The Morgan fingerprint density at radius 3 is 2.33 bits per heavy atom. The maximum Gasteiger partial charge on any atom is 0.175 e. The third kappa shape index (κ3) is 4.94. The average Bonchev–Trinajstić information content (AvgIpc) is 2.59. The van der Waals surface area contributed by atoms with Gasteiger partial charge in [0.15, 0.2) is 9.84 Å². The van der Waals surface area contributed by atoms with E-state index in [1.807, 2.05) is 19.9 Å². The van der Waals surface area contributed by atoms with Crippen molar-refractivity contribution in [3.05, 3.63) is 41.9 Å². The van der Waals surface area contributed by atoms with Gasteiger partial charge in [-0.15, -0.1) is 0 Å². The Balaban J connectivity index is 1.58. The van der Waals surface area contributed by atoms with Crippen LogP contribution in [0.2, 0.25) is 0 Å². The highest BCUT2D eigenvalue weighted by Gasteiger charge is 2.34. The molecule has 3 rings (SSSR count). The molecule has 27 heavy (non-hydrogen) atoms. The van der Waals surface area contributed by atoms with Crippen LogP contribution in [-0.4, -0.2) is 49.9 Å². The van der Waals surface area contributed by atoms with E-state index in [1.165, 1.54) is 6.26 Å². The topological polar surface area (TPSA) is 75.2 Å². The average molecular weight is 393 g/mol. The maximum absolute atomic E-state index is 15.2. The molecule has 8 heteroatoms. The fourth-order valence-corrected chi connectivity index (χ4v) is 3.93. The minimum atomic E-state index is -3.21. The monoisotopic (exact) mass is 392 g/mol. The molecule has 1 N–H and O–H groups in total. The van der Waals surface area contributed by atoms with Crippen LogP contribution in [0.3, 0.4) is 0 Å². The zero-order valence-electron chi connectivity index (χ0n) is 15.9. The predicted octanol–water partition coefficient (Wildman–Crippen LogP) is 2.92. The summed E-state index contributed by atoms with van der Waals surface area (Å²) in [4.78, 5) is 10.9. The molecule has 2 aromatic rings. The van der Waals surface area contributed by atoms with Gasteiger partial charge in [-0.25, -0.2) is 22.8 Å². The number of aryl methyl sites for hydroxylation is 2. The highest BCUT2D eigenvalue weighted by atomic mass is 32.2. The number of benzene rings is 1. The second-order valence-corrected chi connectivity index (χ2v) is 9.22. The number of nitrogens with one attached hydrogen (secondary N) is 1. The van der Waals surface area contributed by atoms with Crippen LogP contribution in [0.25, 0.3) is 0 Å². The Kier molecular flexibility index (Phi) is 5.37. The number of sulfone groups is 1. The first kappa shape index (κ1) is 19.5. The summed E-state index contributed by atoms with van der Waals surface area (Å²) in [6.45, 7) is 5.08. The number of hydrogen-bond donors (Lipinski definition) is 1. The van der Waals surface area contributed by atoms with E-state index in [9.17, 15) is 8.42 Å². The summed E-state index contributed by atoms with van der Waals surface area (Å²) in [5.74, 6) is 1.31. The van der Waals surface area contributed by atoms with Crippen LogP contribution in [0.4, 0.5) is 15.9 Å². The van der Waals surface area contributed by atoms with Gasteiger partial charge >= 0.3 is 0 Å². The van der Waals surface area contributed by atoms with Gasteiger partial charge < -0.3 is 10.2 Å². The molecule has 1 aromatic carbocycles. The van der Waals surface area contributed by atoms with Gasteiger partial charge in [0.25, 0.3) is 0 Å². The molecule has 1 fully saturated rings. The van der Waals surface area contributed by atoms with E-state index in [4.69, 9.17) is 0 Å². The van der Waals surface area contributed by atoms with Crippen molar-refractivity contribution >= 4 is 21.3 Å². The molecule has 2 heterocycles. The Bertz CT molecular complexity index is 888. The van der Waals surface area contributed by atoms with Crippen LogP contribution in [0, 0.1) is 13.8 Å².